The van der Waals surface area contributed by atoms with Crippen LogP contribution in [0.5, 0.6) is 0 Å². The van der Waals surface area contributed by atoms with Gasteiger partial charge in [0.1, 0.15) is 0 Å². The van der Waals surface area contributed by atoms with Gasteiger partial charge >= 0.3 is 0 Å². The molecule has 0 aromatic heterocycles. The van der Waals surface area contributed by atoms with Crippen molar-refractivity contribution in [2.75, 3.05) is 5.32 Å². The van der Waals surface area contributed by atoms with Crippen LogP contribution in [0.2, 0.25) is 0 Å². The molecular weight excluding hydrogens is 342 g/mol. The minimum Gasteiger partial charge on any atom is -0.375 e. The standard InChI is InChI=1S/C16H17N5O3S/c1-9-5-10(2)7-11(6-9)18-14-8-12(21(23)24)3-4-13(14)15(22)19-20-16(17)25/h3-8,18H,1-2H3,(H,19,22)(H3,17,20,25). The van der Waals surface area contributed by atoms with Crippen molar-refractivity contribution < 1.29 is 9.72 Å². The number of hydrogen-bond acceptors (Lipinski definition) is 5. The Morgan fingerprint density at radius 1 is 1.12 bits per heavy atom. The van der Waals surface area contributed by atoms with Crippen molar-refractivity contribution in [1.29, 1.82) is 0 Å². The number of hydrogen-bond donors (Lipinski definition) is 4. The zero-order chi connectivity index (χ0) is 18.6. The number of anilines is 2. The van der Waals surface area contributed by atoms with Crippen LogP contribution >= 0.6 is 12.2 Å². The number of amides is 1. The summed E-state index contributed by atoms with van der Waals surface area (Å²) in [5.41, 5.74) is 13.1. The first-order valence-corrected chi connectivity index (χ1v) is 7.66. The lowest BCUT2D eigenvalue weighted by Gasteiger charge is -2.14. The van der Waals surface area contributed by atoms with Crippen LogP contribution in [-0.4, -0.2) is 15.9 Å². The van der Waals surface area contributed by atoms with E-state index in [1.54, 1.807) is 0 Å². The molecule has 0 spiro atoms. The molecule has 2 aromatic carbocycles. The molecule has 0 fully saturated rings. The van der Waals surface area contributed by atoms with Gasteiger partial charge in [0.2, 0.25) is 0 Å². The third kappa shape index (κ3) is 4.88. The molecule has 9 heteroatoms. The van der Waals surface area contributed by atoms with Gasteiger partial charge in [0.15, 0.2) is 5.11 Å². The number of nitro benzene ring substituents is 1. The van der Waals surface area contributed by atoms with E-state index in [0.717, 1.165) is 11.1 Å². The quantitative estimate of drug-likeness (QED) is 0.376. The fraction of sp³-hybridized carbons (Fsp3) is 0.125. The van der Waals surface area contributed by atoms with Crippen LogP contribution in [0.1, 0.15) is 21.5 Å². The SMILES string of the molecule is Cc1cc(C)cc(Nc2cc([N+](=O)[O-])ccc2C(=O)NNC(N)=S)c1. The molecule has 8 nitrogen and oxygen atoms in total. The Kier molecular flexibility index (Phi) is 5.50. The number of nitrogens with two attached hydrogens (primary N) is 1. The zero-order valence-electron chi connectivity index (χ0n) is 13.6. The summed E-state index contributed by atoms with van der Waals surface area (Å²) in [6.07, 6.45) is 0. The van der Waals surface area contributed by atoms with Gasteiger partial charge in [-0.25, -0.2) is 0 Å². The van der Waals surface area contributed by atoms with Crippen LogP contribution < -0.4 is 21.9 Å². The maximum atomic E-state index is 12.3. The molecule has 0 bridgehead atoms. The van der Waals surface area contributed by atoms with E-state index >= 15 is 0 Å². The van der Waals surface area contributed by atoms with Crippen LogP contribution in [0.25, 0.3) is 0 Å². The average molecular weight is 359 g/mol. The number of nitrogens with one attached hydrogen (secondary N) is 3. The predicted octanol–water partition coefficient (Wildman–Crippen LogP) is 2.43. The van der Waals surface area contributed by atoms with E-state index in [1.165, 1.54) is 18.2 Å². The number of aryl methyl sites for hydroxylation is 2. The second kappa shape index (κ2) is 7.58. The highest BCUT2D eigenvalue weighted by Crippen LogP contribution is 2.27. The summed E-state index contributed by atoms with van der Waals surface area (Å²) in [6, 6.07) is 9.66. The molecule has 1 amide bonds. The molecule has 0 aliphatic rings. The minimum absolute atomic E-state index is 0.0981. The van der Waals surface area contributed by atoms with Crippen LogP contribution in [0, 0.1) is 24.0 Å². The highest BCUT2D eigenvalue weighted by atomic mass is 32.1. The molecule has 130 valence electrons. The number of benzene rings is 2. The highest BCUT2D eigenvalue weighted by Gasteiger charge is 2.16. The zero-order valence-corrected chi connectivity index (χ0v) is 14.4. The second-order valence-electron chi connectivity index (χ2n) is 5.43. The van der Waals surface area contributed by atoms with Gasteiger partial charge in [-0.1, -0.05) is 6.07 Å². The Hall–Kier alpha value is -3.20. The van der Waals surface area contributed by atoms with Crippen LogP contribution in [0.3, 0.4) is 0 Å². The van der Waals surface area contributed by atoms with E-state index in [-0.39, 0.29) is 16.4 Å². The Balaban J connectivity index is 2.41. The van der Waals surface area contributed by atoms with E-state index in [0.29, 0.717) is 11.4 Å². The van der Waals surface area contributed by atoms with Gasteiger partial charge < -0.3 is 11.1 Å². The summed E-state index contributed by atoms with van der Waals surface area (Å²) in [5.74, 6) is -0.533. The van der Waals surface area contributed by atoms with E-state index < -0.39 is 10.8 Å². The van der Waals surface area contributed by atoms with E-state index in [2.05, 4.69) is 28.4 Å². The molecule has 0 unspecified atom stereocenters. The Morgan fingerprint density at radius 2 is 1.76 bits per heavy atom. The Bertz CT molecular complexity index is 833. The third-order valence-corrected chi connectivity index (χ3v) is 3.36. The van der Waals surface area contributed by atoms with Crippen molar-refractivity contribution in [1.82, 2.24) is 10.9 Å². The molecule has 0 saturated carbocycles. The third-order valence-electron chi connectivity index (χ3n) is 3.26. The monoisotopic (exact) mass is 359 g/mol. The van der Waals surface area contributed by atoms with Gasteiger partial charge in [0.05, 0.1) is 16.2 Å². The molecule has 0 atom stereocenters. The van der Waals surface area contributed by atoms with E-state index in [4.69, 9.17) is 5.73 Å². The molecular formula is C16H17N5O3S. The van der Waals surface area contributed by atoms with Gasteiger partial charge in [0, 0.05) is 17.8 Å². The summed E-state index contributed by atoms with van der Waals surface area (Å²) >= 11 is 4.63. The van der Waals surface area contributed by atoms with Crippen molar-refractivity contribution in [2.45, 2.75) is 13.8 Å². The first-order chi connectivity index (χ1) is 11.8. The molecule has 2 rings (SSSR count). The number of carbonyl (C=O) groups is 1. The lowest BCUT2D eigenvalue weighted by Crippen LogP contribution is -2.44. The summed E-state index contributed by atoms with van der Waals surface area (Å²) in [6.45, 7) is 3.87. The summed E-state index contributed by atoms with van der Waals surface area (Å²) in [7, 11) is 0. The largest absolute Gasteiger partial charge is 0.375 e. The second-order valence-corrected chi connectivity index (χ2v) is 5.87. The van der Waals surface area contributed by atoms with Crippen molar-refractivity contribution in [3.63, 3.8) is 0 Å². The topological polar surface area (TPSA) is 122 Å². The molecule has 2 aromatic rings. The maximum absolute atomic E-state index is 12.3. The maximum Gasteiger partial charge on any atom is 0.271 e. The average Bonchev–Trinajstić information content (AvgIpc) is 2.51. The first kappa shape index (κ1) is 18.1. The molecule has 0 aliphatic carbocycles. The lowest BCUT2D eigenvalue weighted by molar-refractivity contribution is -0.384. The normalized spacial score (nSPS) is 10.0. The van der Waals surface area contributed by atoms with Crippen LogP contribution in [0.4, 0.5) is 17.1 Å². The number of carbonyl (C=O) groups excluding carboxylic acids is 1. The van der Waals surface area contributed by atoms with Gasteiger partial charge in [-0.3, -0.25) is 25.8 Å². The van der Waals surface area contributed by atoms with E-state index in [1.807, 2.05) is 32.0 Å². The molecule has 0 heterocycles. The van der Waals surface area contributed by atoms with Crippen molar-refractivity contribution in [2.24, 2.45) is 5.73 Å². The number of hydrazine groups is 1. The highest BCUT2D eigenvalue weighted by molar-refractivity contribution is 7.80. The van der Waals surface area contributed by atoms with Crippen molar-refractivity contribution >= 4 is 40.3 Å². The van der Waals surface area contributed by atoms with Gasteiger partial charge in [-0.15, -0.1) is 0 Å². The predicted molar refractivity (Wildman–Crippen MR) is 99.7 cm³/mol. The number of thiocarbonyl (C=S) groups is 1. The summed E-state index contributed by atoms with van der Waals surface area (Å²) in [5, 5.41) is 14.0. The molecule has 25 heavy (non-hydrogen) atoms. The summed E-state index contributed by atoms with van der Waals surface area (Å²) < 4.78 is 0. The number of nitrogens with zero attached hydrogens (tertiary/aromatic N) is 1. The molecule has 0 aliphatic heterocycles. The van der Waals surface area contributed by atoms with Gasteiger partial charge in [-0.05, 0) is 55.4 Å². The van der Waals surface area contributed by atoms with E-state index in [9.17, 15) is 14.9 Å². The molecule has 5 N–H and O–H groups in total. The van der Waals surface area contributed by atoms with Crippen LogP contribution in [-0.2, 0) is 0 Å². The lowest BCUT2D eigenvalue weighted by atomic mass is 10.1. The van der Waals surface area contributed by atoms with Crippen molar-refractivity contribution in [3.8, 4) is 0 Å². The molecule has 0 saturated heterocycles. The Morgan fingerprint density at radius 3 is 2.32 bits per heavy atom. The molecule has 0 radical (unpaired) electrons. The fourth-order valence-electron chi connectivity index (χ4n) is 2.34. The van der Waals surface area contributed by atoms with Gasteiger partial charge in [0.25, 0.3) is 11.6 Å². The minimum atomic E-state index is -0.533. The number of non-ortho nitro benzene ring substituents is 1. The smallest absolute Gasteiger partial charge is 0.271 e. The van der Waals surface area contributed by atoms with Crippen molar-refractivity contribution in [3.05, 3.63) is 63.2 Å². The van der Waals surface area contributed by atoms with Crippen LogP contribution in [0.15, 0.2) is 36.4 Å². The number of nitro groups is 1. The Labute approximate surface area is 149 Å². The van der Waals surface area contributed by atoms with Gasteiger partial charge in [-0.2, -0.15) is 0 Å². The fourth-order valence-corrected chi connectivity index (χ4v) is 2.39. The number of rotatable bonds is 4. The summed E-state index contributed by atoms with van der Waals surface area (Å²) in [4.78, 5) is 22.8. The first-order valence-electron chi connectivity index (χ1n) is 7.26.